The molecule has 17 heavy (non-hydrogen) atoms. The lowest BCUT2D eigenvalue weighted by molar-refractivity contribution is -0.307. The molecule has 1 saturated heterocycles. The van der Waals surface area contributed by atoms with Crippen LogP contribution in [0.4, 0.5) is 0 Å². The monoisotopic (exact) mass is 250 g/mol. The van der Waals surface area contributed by atoms with Crippen LogP contribution in [0.25, 0.3) is 0 Å². The number of hydrogen-bond donors (Lipinski definition) is 0. The van der Waals surface area contributed by atoms with Crippen molar-refractivity contribution in [3.05, 3.63) is 0 Å². The Morgan fingerprint density at radius 1 is 0.765 bits per heavy atom. The summed E-state index contributed by atoms with van der Waals surface area (Å²) in [5.41, 5.74) is 0. The highest BCUT2D eigenvalue weighted by Crippen LogP contribution is 2.27. The largest absolute Gasteiger partial charge is 0.382 e. The van der Waals surface area contributed by atoms with Crippen LogP contribution in [-0.4, -0.2) is 72.9 Å². The van der Waals surface area contributed by atoms with Crippen molar-refractivity contribution >= 4 is 0 Å². The summed E-state index contributed by atoms with van der Waals surface area (Å²) in [5, 5.41) is 0. The zero-order valence-corrected chi connectivity index (χ0v) is 11.0. The Labute approximate surface area is 102 Å². The summed E-state index contributed by atoms with van der Waals surface area (Å²) in [7, 11) is 8.01. The second-order valence-electron chi connectivity index (χ2n) is 3.83. The van der Waals surface area contributed by atoms with Crippen LogP contribution in [0.5, 0.6) is 0 Å². The quantitative estimate of drug-likeness (QED) is 0.664. The van der Waals surface area contributed by atoms with Crippen LogP contribution in [0.1, 0.15) is 0 Å². The summed E-state index contributed by atoms with van der Waals surface area (Å²) in [6, 6.07) is 0. The third kappa shape index (κ3) is 3.15. The molecule has 1 fully saturated rings. The van der Waals surface area contributed by atoms with Gasteiger partial charge in [0, 0.05) is 35.5 Å². The molecule has 0 N–H and O–H groups in total. The molecule has 0 amide bonds. The minimum Gasteiger partial charge on any atom is -0.382 e. The average molecular weight is 250 g/mol. The molecular formula is C11H22O6. The van der Waals surface area contributed by atoms with Crippen molar-refractivity contribution in [2.24, 2.45) is 0 Å². The van der Waals surface area contributed by atoms with Gasteiger partial charge in [-0.25, -0.2) is 0 Å². The van der Waals surface area contributed by atoms with Gasteiger partial charge in [0.05, 0.1) is 6.61 Å². The first-order chi connectivity index (χ1) is 8.23. The molecule has 102 valence electrons. The van der Waals surface area contributed by atoms with Gasteiger partial charge in [0.2, 0.25) is 0 Å². The number of hydrogen-bond acceptors (Lipinski definition) is 6. The van der Waals surface area contributed by atoms with E-state index >= 15 is 0 Å². The fourth-order valence-corrected chi connectivity index (χ4v) is 2.17. The third-order valence-electron chi connectivity index (χ3n) is 2.97. The van der Waals surface area contributed by atoms with Crippen LogP contribution < -0.4 is 0 Å². The molecule has 3 unspecified atom stereocenters. The zero-order chi connectivity index (χ0) is 12.8. The Bertz CT molecular complexity index is 212. The van der Waals surface area contributed by atoms with Gasteiger partial charge in [0.1, 0.15) is 24.4 Å². The van der Waals surface area contributed by atoms with E-state index in [1.807, 2.05) is 0 Å². The number of ether oxygens (including phenoxy) is 6. The van der Waals surface area contributed by atoms with Crippen molar-refractivity contribution in [3.63, 3.8) is 0 Å². The molecule has 0 aromatic heterocycles. The first kappa shape index (κ1) is 14.8. The molecule has 0 bridgehead atoms. The minimum atomic E-state index is -0.489. The average Bonchev–Trinajstić information content (AvgIpc) is 2.37. The first-order valence-electron chi connectivity index (χ1n) is 5.49. The van der Waals surface area contributed by atoms with Crippen LogP contribution in [-0.2, 0) is 28.4 Å². The molecule has 5 atom stereocenters. The summed E-state index contributed by atoms with van der Waals surface area (Å²) in [4.78, 5) is 0. The molecule has 6 nitrogen and oxygen atoms in total. The molecule has 0 radical (unpaired) electrons. The molecule has 0 aliphatic carbocycles. The van der Waals surface area contributed by atoms with Crippen molar-refractivity contribution in [2.75, 3.05) is 42.2 Å². The summed E-state index contributed by atoms with van der Waals surface area (Å²) < 4.78 is 32.3. The van der Waals surface area contributed by atoms with E-state index in [1.165, 1.54) is 0 Å². The first-order valence-corrected chi connectivity index (χ1v) is 5.49. The highest BCUT2D eigenvalue weighted by atomic mass is 16.7. The van der Waals surface area contributed by atoms with Crippen molar-refractivity contribution < 1.29 is 28.4 Å². The lowest BCUT2D eigenvalue weighted by atomic mass is 9.98. The topological polar surface area (TPSA) is 55.4 Å². The maximum Gasteiger partial charge on any atom is 0.186 e. The zero-order valence-electron chi connectivity index (χ0n) is 11.0. The molecule has 1 rings (SSSR count). The van der Waals surface area contributed by atoms with Gasteiger partial charge in [-0.3, -0.25) is 0 Å². The molecule has 1 aliphatic rings. The highest BCUT2D eigenvalue weighted by molar-refractivity contribution is 4.92. The number of rotatable bonds is 6. The predicted octanol–water partition coefficient (Wildman–Crippen LogP) is 0.0491. The van der Waals surface area contributed by atoms with Crippen LogP contribution in [0.2, 0.25) is 0 Å². The fraction of sp³-hybridized carbons (Fsp3) is 1.00. The van der Waals surface area contributed by atoms with Gasteiger partial charge in [0.25, 0.3) is 0 Å². The van der Waals surface area contributed by atoms with Gasteiger partial charge in [-0.1, -0.05) is 0 Å². The van der Waals surface area contributed by atoms with E-state index in [1.54, 1.807) is 35.5 Å². The molecule has 6 heteroatoms. The molecule has 1 aliphatic heterocycles. The van der Waals surface area contributed by atoms with E-state index in [2.05, 4.69) is 0 Å². The second-order valence-corrected chi connectivity index (χ2v) is 3.83. The van der Waals surface area contributed by atoms with Crippen LogP contribution in [0.3, 0.4) is 0 Å². The standard InChI is InChI=1S/C11H22O6/c1-12-6-7-8(13-2)9(14-3)10(15-4)11(16-5)17-7/h7-11H,6H2,1-5H3/t7?,8-,9?,10?,11-/m1/s1. The van der Waals surface area contributed by atoms with Crippen molar-refractivity contribution in [3.8, 4) is 0 Å². The maximum absolute atomic E-state index is 5.74. The Morgan fingerprint density at radius 2 is 1.35 bits per heavy atom. The van der Waals surface area contributed by atoms with Crippen LogP contribution in [0.15, 0.2) is 0 Å². The minimum absolute atomic E-state index is 0.244. The van der Waals surface area contributed by atoms with Gasteiger partial charge >= 0.3 is 0 Å². The fourth-order valence-electron chi connectivity index (χ4n) is 2.17. The third-order valence-corrected chi connectivity index (χ3v) is 2.97. The van der Waals surface area contributed by atoms with Gasteiger partial charge < -0.3 is 28.4 Å². The smallest absolute Gasteiger partial charge is 0.186 e. The van der Waals surface area contributed by atoms with E-state index in [0.717, 1.165) is 0 Å². The Kier molecular flexibility index (Phi) is 6.32. The summed E-state index contributed by atoms with van der Waals surface area (Å²) in [6.45, 7) is 0.411. The van der Waals surface area contributed by atoms with Gasteiger partial charge in [0.15, 0.2) is 6.29 Å². The maximum atomic E-state index is 5.74. The highest BCUT2D eigenvalue weighted by Gasteiger charge is 2.47. The van der Waals surface area contributed by atoms with E-state index in [4.69, 9.17) is 28.4 Å². The molecule has 0 saturated carbocycles. The molecule has 0 spiro atoms. The van der Waals surface area contributed by atoms with Crippen LogP contribution >= 0.6 is 0 Å². The van der Waals surface area contributed by atoms with Crippen LogP contribution in [0, 0.1) is 0 Å². The Hall–Kier alpha value is -0.240. The lowest BCUT2D eigenvalue weighted by Crippen LogP contribution is -2.61. The summed E-state index contributed by atoms with van der Waals surface area (Å²) in [6.07, 6.45) is -1.58. The van der Waals surface area contributed by atoms with Crippen molar-refractivity contribution in [2.45, 2.75) is 30.7 Å². The van der Waals surface area contributed by atoms with E-state index in [-0.39, 0.29) is 24.4 Å². The second kappa shape index (κ2) is 7.25. The normalized spacial score (nSPS) is 38.3. The summed E-state index contributed by atoms with van der Waals surface area (Å²) in [5.74, 6) is 0. The Balaban J connectivity index is 2.84. The Morgan fingerprint density at radius 3 is 1.76 bits per heavy atom. The SMILES string of the molecule is COCC1O[C@@H](OC)C(OC)C(OC)[C@@H]1OC. The van der Waals surface area contributed by atoms with Crippen molar-refractivity contribution in [1.29, 1.82) is 0 Å². The van der Waals surface area contributed by atoms with E-state index < -0.39 is 6.29 Å². The molecule has 0 aromatic rings. The van der Waals surface area contributed by atoms with E-state index in [9.17, 15) is 0 Å². The van der Waals surface area contributed by atoms with Gasteiger partial charge in [-0.15, -0.1) is 0 Å². The van der Waals surface area contributed by atoms with Crippen molar-refractivity contribution in [1.82, 2.24) is 0 Å². The number of methoxy groups -OCH3 is 5. The summed E-state index contributed by atoms with van der Waals surface area (Å²) >= 11 is 0. The molecular weight excluding hydrogens is 228 g/mol. The molecule has 0 aromatic carbocycles. The van der Waals surface area contributed by atoms with Gasteiger partial charge in [-0.2, -0.15) is 0 Å². The predicted molar refractivity (Wildman–Crippen MR) is 59.9 cm³/mol. The molecule has 1 heterocycles. The van der Waals surface area contributed by atoms with Gasteiger partial charge in [-0.05, 0) is 0 Å². The van der Waals surface area contributed by atoms with E-state index in [0.29, 0.717) is 6.61 Å². The lowest BCUT2D eigenvalue weighted by Gasteiger charge is -2.44.